The van der Waals surface area contributed by atoms with E-state index in [4.69, 9.17) is 0 Å². The molecule has 1 aromatic carbocycles. The molecule has 3 nitrogen and oxygen atoms in total. The van der Waals surface area contributed by atoms with Crippen molar-refractivity contribution >= 4 is 28.2 Å². The predicted octanol–water partition coefficient (Wildman–Crippen LogP) is 3.24. The van der Waals surface area contributed by atoms with Crippen LogP contribution >= 0.6 is 11.8 Å². The maximum Gasteiger partial charge on any atom is 0.102 e. The van der Waals surface area contributed by atoms with Gasteiger partial charge in [-0.3, -0.25) is 4.21 Å². The first-order valence-corrected chi connectivity index (χ1v) is 9.02. The van der Waals surface area contributed by atoms with Crippen molar-refractivity contribution in [2.75, 3.05) is 23.1 Å². The molecule has 19 heavy (non-hydrogen) atoms. The second-order valence-electron chi connectivity index (χ2n) is 4.33. The van der Waals surface area contributed by atoms with E-state index in [1.54, 1.807) is 18.0 Å². The summed E-state index contributed by atoms with van der Waals surface area (Å²) in [7, 11) is -0.768. The van der Waals surface area contributed by atoms with Crippen LogP contribution in [0, 0.1) is 11.3 Å². The van der Waals surface area contributed by atoms with Crippen LogP contribution in [0.3, 0.4) is 0 Å². The predicted molar refractivity (Wildman–Crippen MR) is 84.2 cm³/mol. The molecule has 0 fully saturated rings. The Hall–Kier alpha value is -0.990. The fourth-order valence-electron chi connectivity index (χ4n) is 1.72. The molecule has 0 aromatic heterocycles. The lowest BCUT2D eigenvalue weighted by atomic mass is 10.1. The number of nitrogens with zero attached hydrogens (tertiary/aromatic N) is 1. The summed E-state index contributed by atoms with van der Waals surface area (Å²) in [6, 6.07) is 8.35. The molecule has 0 bridgehead atoms. The fraction of sp³-hybridized carbons (Fsp3) is 0.500. The van der Waals surface area contributed by atoms with Gasteiger partial charge in [0.1, 0.15) is 6.07 Å². The van der Waals surface area contributed by atoms with E-state index in [1.165, 1.54) is 0 Å². The highest BCUT2D eigenvalue weighted by atomic mass is 32.2. The Balaban J connectivity index is 2.80. The lowest BCUT2D eigenvalue weighted by Gasteiger charge is -2.17. The molecule has 0 spiro atoms. The summed E-state index contributed by atoms with van der Waals surface area (Å²) in [4.78, 5) is 1.02. The lowest BCUT2D eigenvalue weighted by molar-refractivity contribution is 0.678. The maximum atomic E-state index is 11.1. The van der Waals surface area contributed by atoms with Crippen molar-refractivity contribution in [1.82, 2.24) is 0 Å². The van der Waals surface area contributed by atoms with Crippen molar-refractivity contribution in [2.45, 2.75) is 31.2 Å². The second kappa shape index (κ2) is 8.23. The molecule has 1 N–H and O–H groups in total. The quantitative estimate of drug-likeness (QED) is 0.785. The third-order valence-electron chi connectivity index (χ3n) is 2.68. The van der Waals surface area contributed by atoms with Crippen LogP contribution in [0.25, 0.3) is 0 Å². The summed E-state index contributed by atoms with van der Waals surface area (Å²) in [5.41, 5.74) is 1.58. The van der Waals surface area contributed by atoms with Crippen molar-refractivity contribution in [3.8, 4) is 6.07 Å². The number of benzene rings is 1. The second-order valence-corrected chi connectivity index (χ2v) is 7.20. The highest BCUT2D eigenvalue weighted by molar-refractivity contribution is 7.99. The van der Waals surface area contributed by atoms with E-state index in [0.717, 1.165) is 22.8 Å². The van der Waals surface area contributed by atoms with Gasteiger partial charge in [0, 0.05) is 33.7 Å². The van der Waals surface area contributed by atoms with E-state index < -0.39 is 10.8 Å². The first-order valence-electron chi connectivity index (χ1n) is 6.31. The Bertz CT molecular complexity index is 483. The lowest BCUT2D eigenvalue weighted by Crippen LogP contribution is -2.18. The molecular weight excluding hydrogens is 276 g/mol. The molecule has 0 saturated heterocycles. The van der Waals surface area contributed by atoms with Gasteiger partial charge in [-0.25, -0.2) is 0 Å². The van der Waals surface area contributed by atoms with Crippen LogP contribution < -0.4 is 5.32 Å². The fourth-order valence-corrected chi connectivity index (χ4v) is 3.19. The largest absolute Gasteiger partial charge is 0.381 e. The third kappa shape index (κ3) is 5.25. The topological polar surface area (TPSA) is 52.9 Å². The SMILES string of the molecule is CCSc1cccc(NC(C)CCS(C)=O)c1C#N. The standard InChI is InChI=1S/C14H20N2OS2/c1-4-18-14-7-5-6-13(12(14)10-15)16-11(2)8-9-19(3)17/h5-7,11,16H,4,8-9H2,1-3H3. The van der Waals surface area contributed by atoms with Gasteiger partial charge in [0.05, 0.1) is 11.3 Å². The smallest absolute Gasteiger partial charge is 0.102 e. The molecule has 1 rings (SSSR count). The van der Waals surface area contributed by atoms with E-state index in [0.29, 0.717) is 11.3 Å². The first-order chi connectivity index (χ1) is 9.08. The number of nitriles is 1. The summed E-state index contributed by atoms with van der Waals surface area (Å²) in [5.74, 6) is 1.63. The molecule has 2 unspecified atom stereocenters. The van der Waals surface area contributed by atoms with Gasteiger partial charge in [-0.15, -0.1) is 11.8 Å². The van der Waals surface area contributed by atoms with Crippen LogP contribution in [-0.4, -0.2) is 28.0 Å². The number of anilines is 1. The molecule has 5 heteroatoms. The molecule has 2 atom stereocenters. The minimum atomic E-state index is -0.768. The van der Waals surface area contributed by atoms with E-state index >= 15 is 0 Å². The van der Waals surface area contributed by atoms with E-state index in [1.807, 2.05) is 25.1 Å². The zero-order valence-electron chi connectivity index (χ0n) is 11.6. The Morgan fingerprint density at radius 2 is 2.26 bits per heavy atom. The van der Waals surface area contributed by atoms with Crippen molar-refractivity contribution in [1.29, 1.82) is 5.26 Å². The van der Waals surface area contributed by atoms with Gasteiger partial charge in [0.15, 0.2) is 0 Å². The highest BCUT2D eigenvalue weighted by Gasteiger charge is 2.10. The van der Waals surface area contributed by atoms with Gasteiger partial charge in [0.2, 0.25) is 0 Å². The number of nitrogens with one attached hydrogen (secondary N) is 1. The van der Waals surface area contributed by atoms with Gasteiger partial charge in [-0.05, 0) is 31.2 Å². The average Bonchev–Trinajstić information content (AvgIpc) is 2.37. The van der Waals surface area contributed by atoms with E-state index in [9.17, 15) is 9.47 Å². The Labute approximate surface area is 122 Å². The molecule has 104 valence electrons. The monoisotopic (exact) mass is 296 g/mol. The summed E-state index contributed by atoms with van der Waals surface area (Å²) in [6.45, 7) is 4.12. The van der Waals surface area contributed by atoms with Crippen molar-refractivity contribution in [2.24, 2.45) is 0 Å². The van der Waals surface area contributed by atoms with Crippen molar-refractivity contribution in [3.05, 3.63) is 23.8 Å². The zero-order valence-corrected chi connectivity index (χ0v) is 13.2. The number of thioether (sulfide) groups is 1. The number of rotatable bonds is 7. The molecule has 1 aromatic rings. The Morgan fingerprint density at radius 3 is 2.84 bits per heavy atom. The maximum absolute atomic E-state index is 11.1. The van der Waals surface area contributed by atoms with Gasteiger partial charge in [0.25, 0.3) is 0 Å². The highest BCUT2D eigenvalue weighted by Crippen LogP contribution is 2.28. The molecule has 0 radical (unpaired) electrons. The molecular formula is C14H20N2OS2. The number of hydrogen-bond donors (Lipinski definition) is 1. The zero-order chi connectivity index (χ0) is 14.3. The minimum absolute atomic E-state index is 0.206. The van der Waals surface area contributed by atoms with Gasteiger partial charge < -0.3 is 5.32 Å². The summed E-state index contributed by atoms with van der Waals surface area (Å²) >= 11 is 1.67. The Morgan fingerprint density at radius 1 is 1.53 bits per heavy atom. The van der Waals surface area contributed by atoms with Crippen LogP contribution in [0.5, 0.6) is 0 Å². The van der Waals surface area contributed by atoms with Crippen LogP contribution in [0.2, 0.25) is 0 Å². The summed E-state index contributed by atoms with van der Waals surface area (Å²) in [5, 5.41) is 12.7. The average molecular weight is 296 g/mol. The van der Waals surface area contributed by atoms with Gasteiger partial charge >= 0.3 is 0 Å². The molecule has 0 amide bonds. The Kier molecular flexibility index (Phi) is 6.96. The van der Waals surface area contributed by atoms with Gasteiger partial charge in [-0.2, -0.15) is 5.26 Å². The minimum Gasteiger partial charge on any atom is -0.381 e. The third-order valence-corrected chi connectivity index (χ3v) is 4.43. The molecule has 0 aliphatic carbocycles. The van der Waals surface area contributed by atoms with Crippen LogP contribution in [0.15, 0.2) is 23.1 Å². The van der Waals surface area contributed by atoms with Crippen molar-refractivity contribution < 1.29 is 4.21 Å². The number of hydrogen-bond acceptors (Lipinski definition) is 4. The molecule has 0 aliphatic rings. The summed E-state index contributed by atoms with van der Waals surface area (Å²) < 4.78 is 11.1. The van der Waals surface area contributed by atoms with Crippen molar-refractivity contribution in [3.63, 3.8) is 0 Å². The van der Waals surface area contributed by atoms with Crippen LogP contribution in [0.4, 0.5) is 5.69 Å². The summed E-state index contributed by atoms with van der Waals surface area (Å²) in [6.07, 6.45) is 2.55. The van der Waals surface area contributed by atoms with Gasteiger partial charge in [-0.1, -0.05) is 13.0 Å². The molecule has 0 aliphatic heterocycles. The van der Waals surface area contributed by atoms with Crippen LogP contribution in [0.1, 0.15) is 25.8 Å². The van der Waals surface area contributed by atoms with E-state index in [-0.39, 0.29) is 6.04 Å². The molecule has 0 saturated carbocycles. The molecule has 0 heterocycles. The van der Waals surface area contributed by atoms with Crippen LogP contribution in [-0.2, 0) is 10.8 Å². The normalized spacial score (nSPS) is 13.6. The van der Waals surface area contributed by atoms with E-state index in [2.05, 4.69) is 18.3 Å². The first kappa shape index (κ1) is 16.1.